The Morgan fingerprint density at radius 1 is 1.47 bits per heavy atom. The van der Waals surface area contributed by atoms with Crippen molar-refractivity contribution >= 4 is 29.0 Å². The summed E-state index contributed by atoms with van der Waals surface area (Å²) in [5.41, 5.74) is -0.241. The van der Waals surface area contributed by atoms with Crippen molar-refractivity contribution in [3.05, 3.63) is 22.5 Å². The molecular formula is C9H5ClFNO3. The Kier molecular flexibility index (Phi) is 2.12. The minimum Gasteiger partial charge on any atom is -0.492 e. The monoisotopic (exact) mass is 229 g/mol. The van der Waals surface area contributed by atoms with Crippen molar-refractivity contribution in [1.29, 1.82) is 0 Å². The number of nitrogens with one attached hydrogen (secondary N) is 1. The molecule has 1 aromatic rings. The molecule has 0 atom stereocenters. The number of halogens is 2. The lowest BCUT2D eigenvalue weighted by Crippen LogP contribution is -2.12. The van der Waals surface area contributed by atoms with Gasteiger partial charge in [0, 0.05) is 0 Å². The molecule has 4 nitrogen and oxygen atoms in total. The number of ketones is 1. The predicted molar refractivity (Wildman–Crippen MR) is 50.9 cm³/mol. The van der Waals surface area contributed by atoms with Gasteiger partial charge in [0.1, 0.15) is 0 Å². The number of ether oxygens (including phenoxy) is 1. The van der Waals surface area contributed by atoms with Crippen LogP contribution in [-0.4, -0.2) is 18.8 Å². The van der Waals surface area contributed by atoms with Gasteiger partial charge in [0.25, 0.3) is 11.7 Å². The van der Waals surface area contributed by atoms with Gasteiger partial charge < -0.3 is 10.1 Å². The molecule has 0 saturated heterocycles. The van der Waals surface area contributed by atoms with Gasteiger partial charge in [-0.1, -0.05) is 11.6 Å². The standard InChI is InChI=1S/C9H5ClFNO3/c1-15-8-4(10)2-3-6(5(8)11)12-9(14)7(3)13/h2H,1H3,(H,12,13,14). The maximum absolute atomic E-state index is 13.6. The second-order valence-electron chi connectivity index (χ2n) is 2.91. The maximum Gasteiger partial charge on any atom is 0.296 e. The molecular weight excluding hydrogens is 225 g/mol. The fraction of sp³-hybridized carbons (Fsp3) is 0.111. The lowest BCUT2D eigenvalue weighted by Gasteiger charge is -2.07. The van der Waals surface area contributed by atoms with E-state index in [4.69, 9.17) is 16.3 Å². The van der Waals surface area contributed by atoms with Crippen LogP contribution < -0.4 is 10.1 Å². The van der Waals surface area contributed by atoms with Crippen LogP contribution in [0.5, 0.6) is 5.75 Å². The van der Waals surface area contributed by atoms with Crippen LogP contribution in [0.4, 0.5) is 10.1 Å². The lowest BCUT2D eigenvalue weighted by atomic mass is 10.1. The fourth-order valence-corrected chi connectivity index (χ4v) is 1.65. The Bertz CT molecular complexity index is 487. The molecule has 1 aliphatic rings. The Labute approximate surface area is 89.0 Å². The van der Waals surface area contributed by atoms with E-state index in [0.29, 0.717) is 0 Å². The maximum atomic E-state index is 13.6. The zero-order valence-corrected chi connectivity index (χ0v) is 8.31. The van der Waals surface area contributed by atoms with Crippen molar-refractivity contribution in [2.75, 3.05) is 12.4 Å². The van der Waals surface area contributed by atoms with Crippen LogP contribution in [0, 0.1) is 5.82 Å². The van der Waals surface area contributed by atoms with Crippen molar-refractivity contribution in [3.8, 4) is 5.75 Å². The summed E-state index contributed by atoms with van der Waals surface area (Å²) in [6.07, 6.45) is 0. The minimum absolute atomic E-state index is 0.0430. The number of methoxy groups -OCH3 is 1. The van der Waals surface area contributed by atoms with Crippen molar-refractivity contribution in [2.45, 2.75) is 0 Å². The number of anilines is 1. The van der Waals surface area contributed by atoms with E-state index in [2.05, 4.69) is 5.32 Å². The number of benzene rings is 1. The quantitative estimate of drug-likeness (QED) is 0.745. The number of hydrogen-bond acceptors (Lipinski definition) is 3. The van der Waals surface area contributed by atoms with Crippen molar-refractivity contribution in [3.63, 3.8) is 0 Å². The third-order valence-electron chi connectivity index (χ3n) is 2.07. The van der Waals surface area contributed by atoms with E-state index in [1.807, 2.05) is 0 Å². The average molecular weight is 230 g/mol. The van der Waals surface area contributed by atoms with E-state index in [-0.39, 0.29) is 22.0 Å². The molecule has 0 unspecified atom stereocenters. The number of Topliss-reactive ketones (excluding diaryl/α,β-unsaturated/α-hetero) is 1. The van der Waals surface area contributed by atoms with E-state index < -0.39 is 17.5 Å². The van der Waals surface area contributed by atoms with Gasteiger partial charge in [-0.05, 0) is 6.07 Å². The van der Waals surface area contributed by atoms with Gasteiger partial charge >= 0.3 is 0 Å². The van der Waals surface area contributed by atoms with E-state index in [0.717, 1.165) is 0 Å². The smallest absolute Gasteiger partial charge is 0.296 e. The first-order valence-electron chi connectivity index (χ1n) is 3.98. The number of carbonyl (C=O) groups excluding carboxylic acids is 2. The molecule has 0 bridgehead atoms. The third-order valence-corrected chi connectivity index (χ3v) is 2.35. The molecule has 15 heavy (non-hydrogen) atoms. The molecule has 0 aromatic heterocycles. The molecule has 6 heteroatoms. The summed E-state index contributed by atoms with van der Waals surface area (Å²) in [6.45, 7) is 0. The minimum atomic E-state index is -0.867. The van der Waals surface area contributed by atoms with Gasteiger partial charge in [-0.2, -0.15) is 0 Å². The topological polar surface area (TPSA) is 55.4 Å². The molecule has 0 spiro atoms. The largest absolute Gasteiger partial charge is 0.492 e. The van der Waals surface area contributed by atoms with Crippen LogP contribution in [0.1, 0.15) is 10.4 Å². The molecule has 0 fully saturated rings. The Morgan fingerprint density at radius 2 is 2.13 bits per heavy atom. The zero-order chi connectivity index (χ0) is 11.2. The molecule has 0 radical (unpaired) electrons. The van der Waals surface area contributed by atoms with Crippen molar-refractivity contribution in [2.24, 2.45) is 0 Å². The molecule has 1 aliphatic heterocycles. The second kappa shape index (κ2) is 3.20. The van der Waals surface area contributed by atoms with Crippen LogP contribution in [0.15, 0.2) is 6.07 Å². The summed E-state index contributed by atoms with van der Waals surface area (Å²) in [5, 5.41) is 2.07. The first kappa shape index (κ1) is 9.92. The summed E-state index contributed by atoms with van der Waals surface area (Å²) in [7, 11) is 1.25. The van der Waals surface area contributed by atoms with E-state index >= 15 is 0 Å². The molecule has 1 amide bonds. The van der Waals surface area contributed by atoms with Crippen LogP contribution in [0.3, 0.4) is 0 Å². The highest BCUT2D eigenvalue weighted by Gasteiger charge is 2.33. The summed E-state index contributed by atoms with van der Waals surface area (Å²) in [5.74, 6) is -2.69. The van der Waals surface area contributed by atoms with Gasteiger partial charge in [-0.3, -0.25) is 9.59 Å². The molecule has 1 heterocycles. The van der Waals surface area contributed by atoms with Crippen LogP contribution in [0.25, 0.3) is 0 Å². The molecule has 2 rings (SSSR count). The van der Waals surface area contributed by atoms with E-state index in [1.54, 1.807) is 0 Å². The number of fused-ring (bicyclic) bond motifs is 1. The molecule has 78 valence electrons. The van der Waals surface area contributed by atoms with E-state index in [9.17, 15) is 14.0 Å². The van der Waals surface area contributed by atoms with Gasteiger partial charge in [0.05, 0.1) is 23.4 Å². The molecule has 1 aromatic carbocycles. The molecule has 0 aliphatic carbocycles. The summed E-state index contributed by atoms with van der Waals surface area (Å²) in [6, 6.07) is 1.21. The summed E-state index contributed by atoms with van der Waals surface area (Å²) < 4.78 is 18.3. The van der Waals surface area contributed by atoms with Crippen LogP contribution in [-0.2, 0) is 4.79 Å². The number of rotatable bonds is 1. The van der Waals surface area contributed by atoms with Crippen LogP contribution >= 0.6 is 11.6 Å². The normalized spacial score (nSPS) is 13.8. The van der Waals surface area contributed by atoms with Gasteiger partial charge in [-0.15, -0.1) is 0 Å². The highest BCUT2D eigenvalue weighted by atomic mass is 35.5. The number of carbonyl (C=O) groups is 2. The third kappa shape index (κ3) is 1.27. The lowest BCUT2D eigenvalue weighted by molar-refractivity contribution is -0.112. The van der Waals surface area contributed by atoms with Gasteiger partial charge in [-0.25, -0.2) is 4.39 Å². The Balaban J connectivity index is 2.72. The summed E-state index contributed by atoms with van der Waals surface area (Å²) >= 11 is 5.67. The van der Waals surface area contributed by atoms with E-state index in [1.165, 1.54) is 13.2 Å². The average Bonchev–Trinajstić information content (AvgIpc) is 2.46. The molecule has 0 saturated carbocycles. The van der Waals surface area contributed by atoms with Gasteiger partial charge in [0.2, 0.25) is 0 Å². The van der Waals surface area contributed by atoms with Crippen molar-refractivity contribution in [1.82, 2.24) is 0 Å². The highest BCUT2D eigenvalue weighted by Crippen LogP contribution is 2.38. The molecule has 1 N–H and O–H groups in total. The fourth-order valence-electron chi connectivity index (χ4n) is 1.38. The Morgan fingerprint density at radius 3 is 2.73 bits per heavy atom. The predicted octanol–water partition coefficient (Wildman–Crippen LogP) is 1.62. The SMILES string of the molecule is COc1c(Cl)cc2c(c1F)NC(=O)C2=O. The zero-order valence-electron chi connectivity index (χ0n) is 7.56. The van der Waals surface area contributed by atoms with Crippen LogP contribution in [0.2, 0.25) is 5.02 Å². The summed E-state index contributed by atoms with van der Waals surface area (Å²) in [4.78, 5) is 22.2. The van der Waals surface area contributed by atoms with Gasteiger partial charge in [0.15, 0.2) is 11.6 Å². The number of hydrogen-bond donors (Lipinski definition) is 1. The highest BCUT2D eigenvalue weighted by molar-refractivity contribution is 6.52. The number of amides is 1. The Hall–Kier alpha value is -1.62. The van der Waals surface area contributed by atoms with Crippen molar-refractivity contribution < 1.29 is 18.7 Å². The second-order valence-corrected chi connectivity index (χ2v) is 3.32. The first-order chi connectivity index (χ1) is 7.06. The first-order valence-corrected chi connectivity index (χ1v) is 4.35.